The standard InChI is InChI=1S/C21H24FN3O5/c1-9-8-30-19-14(23)7-25(15(9)19)17-13(22)5-11-16(20(17)29-2)24(10-3-4-10)6-12(18(11)26)21(27)28/h5-6,9-10,14-15,19H,3-4,7-8,23H2,1-2H3,(H,27,28). The molecule has 2 aromatic rings. The Morgan fingerprint density at radius 2 is 2.13 bits per heavy atom. The highest BCUT2D eigenvalue weighted by molar-refractivity contribution is 5.97. The molecule has 3 fully saturated rings. The Kier molecular flexibility index (Phi) is 4.30. The van der Waals surface area contributed by atoms with Crippen molar-refractivity contribution in [3.8, 4) is 5.75 Å². The Labute approximate surface area is 172 Å². The molecule has 8 nitrogen and oxygen atoms in total. The third kappa shape index (κ3) is 2.65. The highest BCUT2D eigenvalue weighted by Crippen LogP contribution is 2.46. The van der Waals surface area contributed by atoms with Crippen molar-refractivity contribution in [2.45, 2.75) is 44.0 Å². The van der Waals surface area contributed by atoms with Gasteiger partial charge in [-0.3, -0.25) is 4.79 Å². The summed E-state index contributed by atoms with van der Waals surface area (Å²) in [4.78, 5) is 26.3. The number of benzene rings is 1. The summed E-state index contributed by atoms with van der Waals surface area (Å²) in [6.07, 6.45) is 2.88. The monoisotopic (exact) mass is 417 g/mol. The van der Waals surface area contributed by atoms with Gasteiger partial charge in [-0.2, -0.15) is 0 Å². The highest BCUT2D eigenvalue weighted by Gasteiger charge is 2.49. The Morgan fingerprint density at radius 3 is 2.77 bits per heavy atom. The molecule has 9 heteroatoms. The van der Waals surface area contributed by atoms with Crippen LogP contribution in [0.25, 0.3) is 10.9 Å². The molecule has 3 N–H and O–H groups in total. The van der Waals surface area contributed by atoms with Gasteiger partial charge in [0, 0.05) is 24.7 Å². The van der Waals surface area contributed by atoms with Gasteiger partial charge in [0.25, 0.3) is 0 Å². The maximum absolute atomic E-state index is 15.5. The average Bonchev–Trinajstić information content (AvgIpc) is 3.39. The minimum atomic E-state index is -1.33. The van der Waals surface area contributed by atoms with Crippen molar-refractivity contribution < 1.29 is 23.8 Å². The zero-order valence-electron chi connectivity index (χ0n) is 16.8. The Hall–Kier alpha value is -2.65. The molecule has 0 radical (unpaired) electrons. The molecular formula is C21H24FN3O5. The summed E-state index contributed by atoms with van der Waals surface area (Å²) in [6.45, 7) is 2.99. The van der Waals surface area contributed by atoms with E-state index in [4.69, 9.17) is 15.2 Å². The van der Waals surface area contributed by atoms with Crippen LogP contribution in [0.1, 0.15) is 36.2 Å². The second kappa shape index (κ2) is 6.68. The van der Waals surface area contributed by atoms with Crippen molar-refractivity contribution in [2.24, 2.45) is 11.7 Å². The second-order valence-corrected chi connectivity index (χ2v) is 8.53. The first-order valence-corrected chi connectivity index (χ1v) is 10.2. The maximum Gasteiger partial charge on any atom is 0.341 e. The van der Waals surface area contributed by atoms with E-state index in [9.17, 15) is 14.7 Å². The predicted octanol–water partition coefficient (Wildman–Crippen LogP) is 1.73. The molecular weight excluding hydrogens is 393 g/mol. The molecule has 0 spiro atoms. The molecule has 1 aliphatic carbocycles. The zero-order valence-corrected chi connectivity index (χ0v) is 16.8. The number of rotatable bonds is 4. The predicted molar refractivity (Wildman–Crippen MR) is 108 cm³/mol. The number of methoxy groups -OCH3 is 1. The van der Waals surface area contributed by atoms with E-state index in [0.717, 1.165) is 18.9 Å². The number of carboxylic acids is 1. The van der Waals surface area contributed by atoms with Crippen LogP contribution >= 0.6 is 0 Å². The third-order valence-electron chi connectivity index (χ3n) is 6.52. The third-order valence-corrected chi connectivity index (χ3v) is 6.52. The summed E-state index contributed by atoms with van der Waals surface area (Å²) >= 11 is 0. The number of carboxylic acid groups (broad SMARTS) is 1. The van der Waals surface area contributed by atoms with Gasteiger partial charge >= 0.3 is 5.97 Å². The minimum absolute atomic E-state index is 0.00988. The van der Waals surface area contributed by atoms with Crippen molar-refractivity contribution in [1.29, 1.82) is 0 Å². The Morgan fingerprint density at radius 1 is 1.40 bits per heavy atom. The number of nitrogens with two attached hydrogens (primary N) is 1. The molecule has 3 aliphatic rings. The van der Waals surface area contributed by atoms with Crippen LogP contribution in [0, 0.1) is 11.7 Å². The molecule has 2 aliphatic heterocycles. The first-order valence-electron chi connectivity index (χ1n) is 10.2. The number of anilines is 1. The SMILES string of the molecule is COc1c(N2CC(N)C3OCC(C)C32)c(F)cc2c(=O)c(C(=O)O)cn(C3CC3)c12. The fraction of sp³-hybridized carbons (Fsp3) is 0.524. The molecule has 2 saturated heterocycles. The van der Waals surface area contributed by atoms with Crippen molar-refractivity contribution >= 4 is 22.6 Å². The number of aromatic carboxylic acids is 1. The number of hydrogen-bond donors (Lipinski definition) is 2. The van der Waals surface area contributed by atoms with Gasteiger partial charge in [0.2, 0.25) is 5.43 Å². The molecule has 1 aromatic heterocycles. The minimum Gasteiger partial charge on any atom is -0.492 e. The zero-order chi connectivity index (χ0) is 21.3. The largest absolute Gasteiger partial charge is 0.492 e. The van der Waals surface area contributed by atoms with Gasteiger partial charge in [-0.15, -0.1) is 0 Å². The molecule has 30 heavy (non-hydrogen) atoms. The molecule has 4 atom stereocenters. The van der Waals surface area contributed by atoms with Crippen LogP contribution in [-0.4, -0.2) is 54.1 Å². The van der Waals surface area contributed by atoms with Crippen LogP contribution in [0.4, 0.5) is 10.1 Å². The number of ether oxygens (including phenoxy) is 2. The van der Waals surface area contributed by atoms with Gasteiger partial charge in [-0.05, 0) is 18.9 Å². The molecule has 4 unspecified atom stereocenters. The van der Waals surface area contributed by atoms with E-state index in [1.165, 1.54) is 13.3 Å². The average molecular weight is 417 g/mol. The van der Waals surface area contributed by atoms with E-state index in [1.807, 2.05) is 11.8 Å². The summed E-state index contributed by atoms with van der Waals surface area (Å²) in [5.74, 6) is -1.57. The summed E-state index contributed by atoms with van der Waals surface area (Å²) in [5, 5.41) is 9.47. The van der Waals surface area contributed by atoms with Crippen molar-refractivity contribution in [1.82, 2.24) is 4.57 Å². The van der Waals surface area contributed by atoms with E-state index >= 15 is 4.39 Å². The van der Waals surface area contributed by atoms with Crippen molar-refractivity contribution in [3.63, 3.8) is 0 Å². The first-order chi connectivity index (χ1) is 14.3. The van der Waals surface area contributed by atoms with Crippen molar-refractivity contribution in [2.75, 3.05) is 25.2 Å². The highest BCUT2D eigenvalue weighted by atomic mass is 19.1. The number of carbonyl (C=O) groups is 1. The molecule has 0 amide bonds. The van der Waals surface area contributed by atoms with E-state index in [-0.39, 0.29) is 52.5 Å². The maximum atomic E-state index is 15.5. The molecule has 1 saturated carbocycles. The lowest BCUT2D eigenvalue weighted by atomic mass is 9.99. The van der Waals surface area contributed by atoms with Crippen LogP contribution in [0.3, 0.4) is 0 Å². The fourth-order valence-corrected chi connectivity index (χ4v) is 5.04. The van der Waals surface area contributed by atoms with Gasteiger partial charge in [0.1, 0.15) is 11.3 Å². The van der Waals surface area contributed by atoms with Crippen LogP contribution < -0.4 is 20.8 Å². The molecule has 0 bridgehead atoms. The lowest BCUT2D eigenvalue weighted by Crippen LogP contribution is -2.38. The fourth-order valence-electron chi connectivity index (χ4n) is 5.04. The number of aromatic nitrogens is 1. The lowest BCUT2D eigenvalue weighted by molar-refractivity contribution is 0.0694. The number of nitrogens with zero attached hydrogens (tertiary/aromatic N) is 2. The number of hydrogen-bond acceptors (Lipinski definition) is 6. The molecule has 5 rings (SSSR count). The normalized spacial score (nSPS) is 28.2. The number of halogens is 1. The molecule has 1 aromatic carbocycles. The van der Waals surface area contributed by atoms with Gasteiger partial charge in [-0.25, -0.2) is 9.18 Å². The summed E-state index contributed by atoms with van der Waals surface area (Å²) < 4.78 is 28.8. The van der Waals surface area contributed by atoms with Gasteiger partial charge in [0.05, 0.1) is 42.8 Å². The first kappa shape index (κ1) is 19.3. The van der Waals surface area contributed by atoms with E-state index in [2.05, 4.69) is 0 Å². The van der Waals surface area contributed by atoms with Crippen LogP contribution in [0.5, 0.6) is 5.75 Å². The van der Waals surface area contributed by atoms with Crippen LogP contribution in [-0.2, 0) is 4.74 Å². The smallest absolute Gasteiger partial charge is 0.341 e. The molecule has 3 heterocycles. The Balaban J connectivity index is 1.80. The summed E-state index contributed by atoms with van der Waals surface area (Å²) in [7, 11) is 1.44. The van der Waals surface area contributed by atoms with Crippen molar-refractivity contribution in [3.05, 3.63) is 33.9 Å². The van der Waals surface area contributed by atoms with E-state index in [0.29, 0.717) is 18.7 Å². The van der Waals surface area contributed by atoms with Crippen LogP contribution in [0.15, 0.2) is 17.1 Å². The topological polar surface area (TPSA) is 107 Å². The van der Waals surface area contributed by atoms with E-state index in [1.54, 1.807) is 4.57 Å². The summed E-state index contributed by atoms with van der Waals surface area (Å²) in [6, 6.07) is 0.834. The number of pyridine rings is 1. The molecule has 160 valence electrons. The van der Waals surface area contributed by atoms with E-state index < -0.39 is 17.2 Å². The van der Waals surface area contributed by atoms with Gasteiger partial charge in [-0.1, -0.05) is 6.92 Å². The van der Waals surface area contributed by atoms with Crippen LogP contribution in [0.2, 0.25) is 0 Å². The lowest BCUT2D eigenvalue weighted by Gasteiger charge is -2.30. The van der Waals surface area contributed by atoms with Gasteiger partial charge in [0.15, 0.2) is 11.6 Å². The van der Waals surface area contributed by atoms with Gasteiger partial charge < -0.3 is 29.8 Å². The quantitative estimate of drug-likeness (QED) is 0.780. The number of fused-ring (bicyclic) bond motifs is 2. The second-order valence-electron chi connectivity index (χ2n) is 8.53. The summed E-state index contributed by atoms with van der Waals surface area (Å²) in [5.41, 5.74) is 5.87. The Bertz CT molecular complexity index is 1110.